The molecule has 0 aromatic heterocycles. The number of nitriles is 1. The van der Waals surface area contributed by atoms with Crippen molar-refractivity contribution in [1.29, 1.82) is 5.26 Å². The lowest BCUT2D eigenvalue weighted by molar-refractivity contribution is 0.263. The van der Waals surface area contributed by atoms with Gasteiger partial charge in [-0.1, -0.05) is 12.5 Å². The van der Waals surface area contributed by atoms with Crippen LogP contribution in [-0.2, 0) is 10.0 Å². The highest BCUT2D eigenvalue weighted by Gasteiger charge is 2.27. The van der Waals surface area contributed by atoms with Crippen LogP contribution in [0.15, 0.2) is 23.1 Å². The normalized spacial score (nSPS) is 16.1. The Morgan fingerprint density at radius 3 is 2.63 bits per heavy atom. The summed E-state index contributed by atoms with van der Waals surface area (Å²) in [6.07, 6.45) is 3.41. The topological polar surface area (TPSA) is 61.2 Å². The second kappa shape index (κ2) is 5.32. The highest BCUT2D eigenvalue weighted by Crippen LogP contribution is 2.29. The Morgan fingerprint density at radius 2 is 2.11 bits per heavy atom. The lowest BCUT2D eigenvalue weighted by Crippen LogP contribution is -2.34. The monoisotopic (exact) mass is 278 g/mol. The van der Waals surface area contributed by atoms with Gasteiger partial charge in [-0.2, -0.15) is 5.26 Å². The summed E-state index contributed by atoms with van der Waals surface area (Å²) in [5, 5.41) is 8.89. The molecule has 2 rings (SSSR count). The van der Waals surface area contributed by atoms with Crippen LogP contribution in [0.5, 0.6) is 0 Å². The van der Waals surface area contributed by atoms with Crippen LogP contribution < -0.4 is 0 Å². The van der Waals surface area contributed by atoms with Crippen LogP contribution in [0.2, 0.25) is 0 Å². The first kappa shape index (κ1) is 14.0. The molecule has 4 nitrogen and oxygen atoms in total. The Kier molecular flexibility index (Phi) is 3.93. The fraction of sp³-hybridized carbons (Fsp3) is 0.500. The molecule has 0 heterocycles. The Morgan fingerprint density at radius 1 is 1.42 bits per heavy atom. The molecule has 0 atom stereocenters. The summed E-state index contributed by atoms with van der Waals surface area (Å²) in [6.45, 7) is 2.32. The lowest BCUT2D eigenvalue weighted by atomic mass is 9.86. The van der Waals surface area contributed by atoms with Gasteiger partial charge in [0.25, 0.3) is 0 Å². The highest BCUT2D eigenvalue weighted by atomic mass is 32.2. The molecule has 1 saturated carbocycles. The Labute approximate surface area is 114 Å². The molecule has 1 fully saturated rings. The molecule has 19 heavy (non-hydrogen) atoms. The first-order valence-electron chi connectivity index (χ1n) is 6.42. The standard InChI is InChI=1S/C14H18N2O2S/c1-11-6-7-13(9-15)8-14(11)19(17,18)16(2)10-12-4-3-5-12/h6-8,12H,3-5,10H2,1-2H3. The van der Waals surface area contributed by atoms with E-state index >= 15 is 0 Å². The Balaban J connectivity index is 2.30. The predicted molar refractivity (Wildman–Crippen MR) is 73.1 cm³/mol. The van der Waals surface area contributed by atoms with Gasteiger partial charge in [-0.15, -0.1) is 0 Å². The molecule has 1 aromatic rings. The van der Waals surface area contributed by atoms with E-state index in [0.29, 0.717) is 23.6 Å². The molecule has 5 heteroatoms. The summed E-state index contributed by atoms with van der Waals surface area (Å²) in [5.41, 5.74) is 1.06. The molecule has 1 aliphatic rings. The third-order valence-corrected chi connectivity index (χ3v) is 5.71. The van der Waals surface area contributed by atoms with Gasteiger partial charge in [0.05, 0.1) is 16.5 Å². The number of hydrogen-bond acceptors (Lipinski definition) is 3. The van der Waals surface area contributed by atoms with Crippen molar-refractivity contribution in [2.75, 3.05) is 13.6 Å². The maximum atomic E-state index is 12.5. The van der Waals surface area contributed by atoms with Crippen molar-refractivity contribution in [1.82, 2.24) is 4.31 Å². The summed E-state index contributed by atoms with van der Waals surface area (Å²) >= 11 is 0. The number of rotatable bonds is 4. The fourth-order valence-corrected chi connectivity index (χ4v) is 3.75. The van der Waals surface area contributed by atoms with Crippen LogP contribution >= 0.6 is 0 Å². The third-order valence-electron chi connectivity index (χ3n) is 3.75. The van der Waals surface area contributed by atoms with Gasteiger partial charge < -0.3 is 0 Å². The van der Waals surface area contributed by atoms with E-state index in [2.05, 4.69) is 0 Å². The van der Waals surface area contributed by atoms with Crippen molar-refractivity contribution in [3.05, 3.63) is 29.3 Å². The average Bonchev–Trinajstić information content (AvgIpc) is 2.33. The molecule has 0 radical (unpaired) electrons. The van der Waals surface area contributed by atoms with E-state index in [1.165, 1.54) is 16.8 Å². The van der Waals surface area contributed by atoms with E-state index in [1.54, 1.807) is 26.1 Å². The maximum Gasteiger partial charge on any atom is 0.243 e. The van der Waals surface area contributed by atoms with Crippen molar-refractivity contribution in [2.45, 2.75) is 31.1 Å². The molecular weight excluding hydrogens is 260 g/mol. The molecule has 0 spiro atoms. The van der Waals surface area contributed by atoms with Crippen LogP contribution in [0.1, 0.15) is 30.4 Å². The molecule has 0 unspecified atom stereocenters. The Hall–Kier alpha value is -1.38. The predicted octanol–water partition coefficient (Wildman–Crippen LogP) is 2.29. The van der Waals surface area contributed by atoms with E-state index in [9.17, 15) is 8.42 Å². The number of nitrogens with zero attached hydrogens (tertiary/aromatic N) is 2. The maximum absolute atomic E-state index is 12.5. The largest absolute Gasteiger partial charge is 0.243 e. The van der Waals surface area contributed by atoms with E-state index in [1.807, 2.05) is 6.07 Å². The highest BCUT2D eigenvalue weighted by molar-refractivity contribution is 7.89. The minimum Gasteiger partial charge on any atom is -0.207 e. The van der Waals surface area contributed by atoms with Gasteiger partial charge in [-0.3, -0.25) is 0 Å². The third kappa shape index (κ3) is 2.80. The van der Waals surface area contributed by atoms with Gasteiger partial charge in [-0.25, -0.2) is 12.7 Å². The second-order valence-electron chi connectivity index (χ2n) is 5.17. The Bertz CT molecular complexity index is 613. The van der Waals surface area contributed by atoms with Gasteiger partial charge in [0, 0.05) is 13.6 Å². The zero-order valence-corrected chi connectivity index (χ0v) is 12.1. The zero-order chi connectivity index (χ0) is 14.0. The SMILES string of the molecule is Cc1ccc(C#N)cc1S(=O)(=O)N(C)CC1CCC1. The summed E-state index contributed by atoms with van der Waals surface area (Å²) < 4.78 is 26.4. The van der Waals surface area contributed by atoms with Gasteiger partial charge >= 0.3 is 0 Å². The van der Waals surface area contributed by atoms with Crippen molar-refractivity contribution in [3.8, 4) is 6.07 Å². The average molecular weight is 278 g/mol. The molecule has 0 N–H and O–H groups in total. The molecule has 0 aliphatic heterocycles. The van der Waals surface area contributed by atoms with Crippen LogP contribution in [-0.4, -0.2) is 26.3 Å². The van der Waals surface area contributed by atoms with Crippen LogP contribution in [0.3, 0.4) is 0 Å². The fourth-order valence-electron chi connectivity index (χ4n) is 2.25. The van der Waals surface area contributed by atoms with Crippen LogP contribution in [0, 0.1) is 24.2 Å². The number of hydrogen-bond donors (Lipinski definition) is 0. The first-order valence-corrected chi connectivity index (χ1v) is 7.86. The quantitative estimate of drug-likeness (QED) is 0.849. The summed E-state index contributed by atoms with van der Waals surface area (Å²) in [7, 11) is -1.87. The van der Waals surface area contributed by atoms with Gasteiger partial charge in [0.1, 0.15) is 0 Å². The molecule has 102 valence electrons. The van der Waals surface area contributed by atoms with Gasteiger partial charge in [-0.05, 0) is 43.4 Å². The first-order chi connectivity index (χ1) is 8.95. The van der Waals surface area contributed by atoms with Crippen LogP contribution in [0.4, 0.5) is 0 Å². The second-order valence-corrected chi connectivity index (χ2v) is 7.19. The lowest BCUT2D eigenvalue weighted by Gasteiger charge is -2.29. The number of aryl methyl sites for hydroxylation is 1. The molecular formula is C14H18N2O2S. The van der Waals surface area contributed by atoms with Gasteiger partial charge in [0.2, 0.25) is 10.0 Å². The molecule has 1 aliphatic carbocycles. The van der Waals surface area contributed by atoms with Crippen molar-refractivity contribution >= 4 is 10.0 Å². The van der Waals surface area contributed by atoms with Gasteiger partial charge in [0.15, 0.2) is 0 Å². The van der Waals surface area contributed by atoms with Crippen LogP contribution in [0.25, 0.3) is 0 Å². The number of sulfonamides is 1. The molecule has 0 bridgehead atoms. The van der Waals surface area contributed by atoms with E-state index in [-0.39, 0.29) is 4.90 Å². The minimum atomic E-state index is -3.49. The van der Waals surface area contributed by atoms with E-state index < -0.39 is 10.0 Å². The van der Waals surface area contributed by atoms with E-state index in [0.717, 1.165) is 12.8 Å². The smallest absolute Gasteiger partial charge is 0.207 e. The summed E-state index contributed by atoms with van der Waals surface area (Å²) in [5.74, 6) is 0.485. The van der Waals surface area contributed by atoms with Crippen molar-refractivity contribution in [2.24, 2.45) is 5.92 Å². The molecule has 0 amide bonds. The molecule has 0 saturated heterocycles. The summed E-state index contributed by atoms with van der Waals surface area (Å²) in [6, 6.07) is 6.77. The minimum absolute atomic E-state index is 0.244. The van der Waals surface area contributed by atoms with Crippen molar-refractivity contribution < 1.29 is 8.42 Å². The zero-order valence-electron chi connectivity index (χ0n) is 11.3. The van der Waals surface area contributed by atoms with Crippen molar-refractivity contribution in [3.63, 3.8) is 0 Å². The number of benzene rings is 1. The summed E-state index contributed by atoms with van der Waals surface area (Å²) in [4.78, 5) is 0.244. The molecule has 1 aromatic carbocycles. The van der Waals surface area contributed by atoms with E-state index in [4.69, 9.17) is 5.26 Å².